The molecule has 7 nitrogen and oxygen atoms in total. The van der Waals surface area contributed by atoms with E-state index in [-0.39, 0.29) is 11.7 Å². The van der Waals surface area contributed by atoms with Gasteiger partial charge in [0, 0.05) is 6.07 Å². The van der Waals surface area contributed by atoms with E-state index in [0.29, 0.717) is 33.2 Å². The Hall–Kier alpha value is -3.23. The Morgan fingerprint density at radius 3 is 2.80 bits per heavy atom. The number of hydrogen-bond donors (Lipinski definition) is 1. The molecule has 0 aliphatic rings. The monoisotopic (exact) mass is 440 g/mol. The lowest BCUT2D eigenvalue weighted by atomic mass is 10.3. The van der Waals surface area contributed by atoms with Crippen LogP contribution in [0.4, 0.5) is 5.69 Å². The molecule has 2 aromatic carbocycles. The molecule has 1 amide bonds. The summed E-state index contributed by atoms with van der Waals surface area (Å²) in [7, 11) is 1.60. The van der Waals surface area contributed by atoms with Gasteiger partial charge in [0.05, 0.1) is 35.5 Å². The summed E-state index contributed by atoms with van der Waals surface area (Å²) in [6.45, 7) is 0. The Morgan fingerprint density at radius 2 is 2.03 bits per heavy atom. The molecular weight excluding hydrogens is 424 g/mol. The summed E-state index contributed by atoms with van der Waals surface area (Å²) in [5, 5.41) is 12.4. The summed E-state index contributed by atoms with van der Waals surface area (Å²) in [6, 6.07) is 18.2. The number of thioether (sulfide) groups is 1. The van der Waals surface area contributed by atoms with Crippen LogP contribution in [0.1, 0.15) is 0 Å². The first-order valence-electron chi connectivity index (χ1n) is 8.96. The van der Waals surface area contributed by atoms with Crippen molar-refractivity contribution in [3.05, 3.63) is 71.9 Å². The van der Waals surface area contributed by atoms with Crippen LogP contribution in [0.2, 0.25) is 5.02 Å². The van der Waals surface area contributed by atoms with Gasteiger partial charge in [-0.1, -0.05) is 41.6 Å². The summed E-state index contributed by atoms with van der Waals surface area (Å²) in [4.78, 5) is 12.4. The number of carbonyl (C=O) groups is 1. The standard InChI is InChI=1S/C21H17ClN4O3S/c1-28-15-7-4-6-14(12-15)26-20(18-10-5-11-29-18)24-25-21(26)30-13-19(27)23-17-9-3-2-8-16(17)22/h2-12H,13H2,1H3,(H,23,27). The van der Waals surface area contributed by atoms with Gasteiger partial charge in [0.25, 0.3) is 0 Å². The second kappa shape index (κ2) is 9.06. The van der Waals surface area contributed by atoms with E-state index in [2.05, 4.69) is 15.5 Å². The average molecular weight is 441 g/mol. The first-order valence-corrected chi connectivity index (χ1v) is 10.3. The minimum absolute atomic E-state index is 0.130. The molecule has 0 saturated heterocycles. The van der Waals surface area contributed by atoms with Gasteiger partial charge in [-0.15, -0.1) is 10.2 Å². The van der Waals surface area contributed by atoms with Crippen molar-refractivity contribution in [2.45, 2.75) is 5.16 Å². The van der Waals surface area contributed by atoms with E-state index >= 15 is 0 Å². The fourth-order valence-electron chi connectivity index (χ4n) is 2.79. The Labute approximate surface area is 182 Å². The van der Waals surface area contributed by atoms with Crippen LogP contribution in [-0.4, -0.2) is 33.5 Å². The lowest BCUT2D eigenvalue weighted by Crippen LogP contribution is -2.14. The lowest BCUT2D eigenvalue weighted by Gasteiger charge is -2.11. The van der Waals surface area contributed by atoms with Crippen LogP contribution in [0.5, 0.6) is 5.75 Å². The SMILES string of the molecule is COc1cccc(-n2c(SCC(=O)Nc3ccccc3Cl)nnc2-c2ccco2)c1. The number of aromatic nitrogens is 3. The zero-order valence-electron chi connectivity index (χ0n) is 15.9. The van der Waals surface area contributed by atoms with Gasteiger partial charge < -0.3 is 14.5 Å². The van der Waals surface area contributed by atoms with Gasteiger partial charge in [0.15, 0.2) is 10.9 Å². The number of methoxy groups -OCH3 is 1. The number of amides is 1. The third kappa shape index (κ3) is 4.34. The third-order valence-electron chi connectivity index (χ3n) is 4.17. The minimum Gasteiger partial charge on any atom is -0.497 e. The van der Waals surface area contributed by atoms with Crippen molar-refractivity contribution in [1.82, 2.24) is 14.8 Å². The molecule has 0 radical (unpaired) electrons. The van der Waals surface area contributed by atoms with E-state index in [0.717, 1.165) is 5.69 Å². The number of carbonyl (C=O) groups excluding carboxylic acids is 1. The van der Waals surface area contributed by atoms with Gasteiger partial charge >= 0.3 is 0 Å². The minimum atomic E-state index is -0.201. The summed E-state index contributed by atoms with van der Waals surface area (Å²) >= 11 is 7.37. The van der Waals surface area contributed by atoms with Crippen molar-refractivity contribution in [3.63, 3.8) is 0 Å². The van der Waals surface area contributed by atoms with Crippen molar-refractivity contribution in [1.29, 1.82) is 0 Å². The normalized spacial score (nSPS) is 10.7. The Bertz CT molecular complexity index is 1160. The first-order chi connectivity index (χ1) is 14.7. The van der Waals surface area contributed by atoms with Gasteiger partial charge in [0.2, 0.25) is 11.7 Å². The molecule has 4 rings (SSSR count). The second-order valence-electron chi connectivity index (χ2n) is 6.14. The molecule has 0 saturated carbocycles. The van der Waals surface area contributed by atoms with E-state index in [4.69, 9.17) is 20.8 Å². The molecule has 2 aromatic heterocycles. The fourth-order valence-corrected chi connectivity index (χ4v) is 3.72. The molecule has 30 heavy (non-hydrogen) atoms. The number of anilines is 1. The fraction of sp³-hybridized carbons (Fsp3) is 0.0952. The number of benzene rings is 2. The smallest absolute Gasteiger partial charge is 0.234 e. The highest BCUT2D eigenvalue weighted by molar-refractivity contribution is 7.99. The summed E-state index contributed by atoms with van der Waals surface area (Å²) in [5.74, 6) is 1.72. The van der Waals surface area contributed by atoms with E-state index in [1.165, 1.54) is 11.8 Å². The summed E-state index contributed by atoms with van der Waals surface area (Å²) < 4.78 is 12.7. The number of para-hydroxylation sites is 1. The summed E-state index contributed by atoms with van der Waals surface area (Å²) in [5.41, 5.74) is 1.36. The maximum atomic E-state index is 12.4. The van der Waals surface area contributed by atoms with Crippen molar-refractivity contribution in [2.75, 3.05) is 18.2 Å². The van der Waals surface area contributed by atoms with E-state index in [1.807, 2.05) is 34.9 Å². The zero-order valence-corrected chi connectivity index (χ0v) is 17.5. The Kier molecular flexibility index (Phi) is 6.06. The molecule has 0 unspecified atom stereocenters. The third-order valence-corrected chi connectivity index (χ3v) is 5.43. The predicted molar refractivity (Wildman–Crippen MR) is 116 cm³/mol. The number of ether oxygens (including phenoxy) is 1. The second-order valence-corrected chi connectivity index (χ2v) is 7.49. The zero-order chi connectivity index (χ0) is 20.9. The highest BCUT2D eigenvalue weighted by atomic mass is 35.5. The van der Waals surface area contributed by atoms with Crippen molar-refractivity contribution in [3.8, 4) is 23.0 Å². The van der Waals surface area contributed by atoms with Crippen molar-refractivity contribution >= 4 is 35.0 Å². The number of furan rings is 1. The van der Waals surface area contributed by atoms with Crippen LogP contribution in [-0.2, 0) is 4.79 Å². The van der Waals surface area contributed by atoms with Crippen LogP contribution in [0.25, 0.3) is 17.3 Å². The Morgan fingerprint density at radius 1 is 1.17 bits per heavy atom. The number of hydrogen-bond acceptors (Lipinski definition) is 6. The summed E-state index contributed by atoms with van der Waals surface area (Å²) in [6.07, 6.45) is 1.57. The average Bonchev–Trinajstić information content (AvgIpc) is 3.43. The van der Waals surface area contributed by atoms with Gasteiger partial charge in [0.1, 0.15) is 5.75 Å². The van der Waals surface area contributed by atoms with Gasteiger partial charge in [-0.05, 0) is 36.4 Å². The van der Waals surface area contributed by atoms with Gasteiger partial charge in [-0.3, -0.25) is 9.36 Å². The van der Waals surface area contributed by atoms with E-state index in [9.17, 15) is 4.79 Å². The highest BCUT2D eigenvalue weighted by Gasteiger charge is 2.19. The molecule has 0 fully saturated rings. The molecule has 0 aliphatic heterocycles. The van der Waals surface area contributed by atoms with Crippen LogP contribution >= 0.6 is 23.4 Å². The van der Waals surface area contributed by atoms with Gasteiger partial charge in [-0.2, -0.15) is 0 Å². The van der Waals surface area contributed by atoms with Crippen molar-refractivity contribution < 1.29 is 13.9 Å². The number of nitrogens with one attached hydrogen (secondary N) is 1. The molecule has 152 valence electrons. The molecule has 4 aromatic rings. The molecule has 0 atom stereocenters. The first kappa shape index (κ1) is 20.1. The predicted octanol–water partition coefficient (Wildman–Crippen LogP) is 4.92. The number of halogens is 1. The number of rotatable bonds is 7. The number of nitrogens with zero attached hydrogens (tertiary/aromatic N) is 3. The molecule has 0 aliphatic carbocycles. The van der Waals surface area contributed by atoms with E-state index < -0.39 is 0 Å². The molecular formula is C21H17ClN4O3S. The maximum Gasteiger partial charge on any atom is 0.234 e. The topological polar surface area (TPSA) is 82.2 Å². The van der Waals surface area contributed by atoms with Crippen LogP contribution in [0.3, 0.4) is 0 Å². The molecule has 1 N–H and O–H groups in total. The van der Waals surface area contributed by atoms with Gasteiger partial charge in [-0.25, -0.2) is 0 Å². The highest BCUT2D eigenvalue weighted by Crippen LogP contribution is 2.30. The lowest BCUT2D eigenvalue weighted by molar-refractivity contribution is -0.113. The van der Waals surface area contributed by atoms with Crippen LogP contribution < -0.4 is 10.1 Å². The largest absolute Gasteiger partial charge is 0.497 e. The van der Waals surface area contributed by atoms with Crippen molar-refractivity contribution in [2.24, 2.45) is 0 Å². The molecule has 2 heterocycles. The maximum absolute atomic E-state index is 12.4. The quantitative estimate of drug-likeness (QED) is 0.411. The van der Waals surface area contributed by atoms with E-state index in [1.54, 1.807) is 43.7 Å². The molecule has 0 bridgehead atoms. The Balaban J connectivity index is 1.60. The van der Waals surface area contributed by atoms with Crippen LogP contribution in [0.15, 0.2) is 76.5 Å². The molecule has 9 heteroatoms. The molecule has 0 spiro atoms. The van der Waals surface area contributed by atoms with Crippen LogP contribution in [0, 0.1) is 0 Å².